The lowest BCUT2D eigenvalue weighted by Crippen LogP contribution is -2.14. The van der Waals surface area contributed by atoms with Crippen molar-refractivity contribution in [2.24, 2.45) is 0 Å². The number of para-hydroxylation sites is 1. The third-order valence-electron chi connectivity index (χ3n) is 3.63. The number of likely N-dealkylation sites (N-methyl/N-ethyl adjacent to an activating group) is 1. The molecule has 3 heteroatoms. The number of furan rings is 1. The molecule has 93 valence electrons. The quantitative estimate of drug-likeness (QED) is 0.672. The molecule has 2 aromatic rings. The molecule has 2 aliphatic rings. The Kier molecular flexibility index (Phi) is 2.11. The molecule has 0 N–H and O–H groups in total. The summed E-state index contributed by atoms with van der Waals surface area (Å²) < 4.78 is 6.02. The summed E-state index contributed by atoms with van der Waals surface area (Å²) in [7, 11) is 2.06. The third kappa shape index (κ3) is 1.46. The molecule has 4 rings (SSSR count). The summed E-state index contributed by atoms with van der Waals surface area (Å²) in [6, 6.07) is 8.11. The SMILES string of the molecule is CN1CC[N]C1=C1C=C=Cc2c1oc1ccccc21. The van der Waals surface area contributed by atoms with Crippen LogP contribution in [-0.4, -0.2) is 25.0 Å². The van der Waals surface area contributed by atoms with Crippen molar-refractivity contribution in [2.45, 2.75) is 0 Å². The molecule has 0 unspecified atom stereocenters. The molecule has 1 aromatic heterocycles. The van der Waals surface area contributed by atoms with Gasteiger partial charge in [-0.1, -0.05) is 18.2 Å². The minimum atomic E-state index is 0.850. The van der Waals surface area contributed by atoms with Gasteiger partial charge in [-0.05, 0) is 18.2 Å². The summed E-state index contributed by atoms with van der Waals surface area (Å²) in [6.45, 7) is 1.81. The minimum absolute atomic E-state index is 0.850. The van der Waals surface area contributed by atoms with Gasteiger partial charge in [0, 0.05) is 24.5 Å². The first-order valence-corrected chi connectivity index (χ1v) is 6.42. The summed E-state index contributed by atoms with van der Waals surface area (Å²) in [4.78, 5) is 2.16. The summed E-state index contributed by atoms with van der Waals surface area (Å²) in [5.74, 6) is 1.91. The van der Waals surface area contributed by atoms with Crippen molar-refractivity contribution in [1.82, 2.24) is 10.2 Å². The van der Waals surface area contributed by atoms with E-state index in [2.05, 4.69) is 29.1 Å². The highest BCUT2D eigenvalue weighted by atomic mass is 16.3. The average molecular weight is 249 g/mol. The summed E-state index contributed by atoms with van der Waals surface area (Å²) >= 11 is 0. The van der Waals surface area contributed by atoms with Gasteiger partial charge in [0.25, 0.3) is 0 Å². The van der Waals surface area contributed by atoms with Crippen LogP contribution in [0.3, 0.4) is 0 Å². The molecule has 19 heavy (non-hydrogen) atoms. The molecule has 0 spiro atoms. The second kappa shape index (κ2) is 3.81. The normalized spacial score (nSPS) is 21.0. The van der Waals surface area contributed by atoms with Crippen LogP contribution in [-0.2, 0) is 0 Å². The van der Waals surface area contributed by atoms with E-state index in [1.165, 1.54) is 0 Å². The monoisotopic (exact) mass is 249 g/mol. The van der Waals surface area contributed by atoms with E-state index in [0.717, 1.165) is 46.8 Å². The molecule has 2 heterocycles. The van der Waals surface area contributed by atoms with Crippen molar-refractivity contribution < 1.29 is 4.42 Å². The van der Waals surface area contributed by atoms with Crippen LogP contribution in [0.4, 0.5) is 0 Å². The lowest BCUT2D eigenvalue weighted by molar-refractivity contribution is 0.484. The highest BCUT2D eigenvalue weighted by molar-refractivity contribution is 5.96. The molecule has 1 saturated heterocycles. The average Bonchev–Trinajstić information content (AvgIpc) is 3.02. The van der Waals surface area contributed by atoms with Gasteiger partial charge >= 0.3 is 0 Å². The lowest BCUT2D eigenvalue weighted by Gasteiger charge is -2.14. The Morgan fingerprint density at radius 2 is 2.16 bits per heavy atom. The van der Waals surface area contributed by atoms with Gasteiger partial charge in [-0.15, -0.1) is 5.73 Å². The maximum absolute atomic E-state index is 6.02. The fraction of sp³-hybridized carbons (Fsp3) is 0.188. The van der Waals surface area contributed by atoms with E-state index < -0.39 is 0 Å². The highest BCUT2D eigenvalue weighted by Crippen LogP contribution is 2.36. The number of benzene rings is 1. The number of hydrogen-bond acceptors (Lipinski definition) is 2. The molecule has 0 bridgehead atoms. The summed E-state index contributed by atoms with van der Waals surface area (Å²) in [6.07, 6.45) is 3.95. The first kappa shape index (κ1) is 10.5. The fourth-order valence-electron chi connectivity index (χ4n) is 2.67. The highest BCUT2D eigenvalue weighted by Gasteiger charge is 2.24. The number of fused-ring (bicyclic) bond motifs is 3. The Labute approximate surface area is 111 Å². The number of rotatable bonds is 0. The van der Waals surface area contributed by atoms with Gasteiger partial charge in [-0.3, -0.25) is 5.32 Å². The minimum Gasteiger partial charge on any atom is -0.455 e. The Morgan fingerprint density at radius 1 is 1.26 bits per heavy atom. The maximum atomic E-state index is 6.02. The number of nitrogens with zero attached hydrogens (tertiary/aromatic N) is 2. The molecule has 0 saturated carbocycles. The summed E-state index contributed by atoms with van der Waals surface area (Å²) in [5, 5.41) is 5.71. The molecule has 3 nitrogen and oxygen atoms in total. The largest absolute Gasteiger partial charge is 0.455 e. The van der Waals surface area contributed by atoms with Crippen LogP contribution in [0.5, 0.6) is 0 Å². The van der Waals surface area contributed by atoms with Crippen LogP contribution >= 0.6 is 0 Å². The van der Waals surface area contributed by atoms with E-state index in [-0.39, 0.29) is 0 Å². The Morgan fingerprint density at radius 3 is 3.00 bits per heavy atom. The van der Waals surface area contributed by atoms with E-state index in [0.29, 0.717) is 0 Å². The van der Waals surface area contributed by atoms with Gasteiger partial charge in [0.2, 0.25) is 0 Å². The molecule has 0 atom stereocenters. The lowest BCUT2D eigenvalue weighted by atomic mass is 10.0. The van der Waals surface area contributed by atoms with Gasteiger partial charge in [0.1, 0.15) is 17.2 Å². The van der Waals surface area contributed by atoms with Crippen LogP contribution in [0.15, 0.2) is 46.3 Å². The van der Waals surface area contributed by atoms with Crippen molar-refractivity contribution in [2.75, 3.05) is 20.1 Å². The predicted molar refractivity (Wildman–Crippen MR) is 75.3 cm³/mol. The molecular weight excluding hydrogens is 236 g/mol. The van der Waals surface area contributed by atoms with Crippen molar-refractivity contribution in [3.8, 4) is 0 Å². The Bertz CT molecular complexity index is 760. The molecule has 1 aliphatic heterocycles. The molecule has 0 amide bonds. The van der Waals surface area contributed by atoms with Crippen molar-refractivity contribution in [1.29, 1.82) is 0 Å². The van der Waals surface area contributed by atoms with Crippen LogP contribution in [0.25, 0.3) is 22.6 Å². The van der Waals surface area contributed by atoms with E-state index in [1.807, 2.05) is 30.4 Å². The van der Waals surface area contributed by atoms with Gasteiger partial charge in [-0.25, -0.2) is 0 Å². The zero-order valence-electron chi connectivity index (χ0n) is 10.7. The first-order chi connectivity index (χ1) is 9.34. The summed E-state index contributed by atoms with van der Waals surface area (Å²) in [5.41, 5.74) is 6.27. The Balaban J connectivity index is 2.03. The maximum Gasteiger partial charge on any atom is 0.147 e. The van der Waals surface area contributed by atoms with E-state index in [4.69, 9.17) is 4.42 Å². The molecule has 1 fully saturated rings. The van der Waals surface area contributed by atoms with Crippen molar-refractivity contribution >= 4 is 22.6 Å². The Hall–Kier alpha value is -2.38. The standard InChI is InChI=1S/C16H13N2O/c1-18-10-9-17-16(18)13-7-4-6-12-11-5-2-3-8-14(11)19-15(12)13/h2-3,5-8H,9-10H2,1H3. The predicted octanol–water partition coefficient (Wildman–Crippen LogP) is 2.83. The second-order valence-electron chi connectivity index (χ2n) is 4.84. The van der Waals surface area contributed by atoms with Gasteiger partial charge in [0.15, 0.2) is 0 Å². The van der Waals surface area contributed by atoms with Crippen molar-refractivity contribution in [3.63, 3.8) is 0 Å². The van der Waals surface area contributed by atoms with Gasteiger partial charge in [0.05, 0.1) is 12.1 Å². The van der Waals surface area contributed by atoms with E-state index >= 15 is 0 Å². The van der Waals surface area contributed by atoms with E-state index in [9.17, 15) is 0 Å². The topological polar surface area (TPSA) is 30.5 Å². The van der Waals surface area contributed by atoms with Crippen LogP contribution in [0, 0.1) is 0 Å². The number of hydrogen-bond donors (Lipinski definition) is 0. The van der Waals surface area contributed by atoms with Crippen molar-refractivity contribution in [3.05, 3.63) is 53.2 Å². The molecule has 1 aliphatic carbocycles. The molecule has 1 radical (unpaired) electrons. The zero-order valence-corrected chi connectivity index (χ0v) is 10.7. The molecular formula is C16H13N2O. The smallest absolute Gasteiger partial charge is 0.147 e. The third-order valence-corrected chi connectivity index (χ3v) is 3.63. The van der Waals surface area contributed by atoms with Crippen LogP contribution in [0.1, 0.15) is 11.3 Å². The molecule has 1 aromatic carbocycles. The van der Waals surface area contributed by atoms with Gasteiger partial charge in [-0.2, -0.15) is 0 Å². The second-order valence-corrected chi connectivity index (χ2v) is 4.84. The van der Waals surface area contributed by atoms with Crippen LogP contribution < -0.4 is 5.32 Å². The van der Waals surface area contributed by atoms with Crippen LogP contribution in [0.2, 0.25) is 0 Å². The first-order valence-electron chi connectivity index (χ1n) is 6.42. The van der Waals surface area contributed by atoms with E-state index in [1.54, 1.807) is 0 Å². The fourth-order valence-corrected chi connectivity index (χ4v) is 2.67. The number of allylic oxidation sites excluding steroid dienone is 2. The van der Waals surface area contributed by atoms with Gasteiger partial charge < -0.3 is 9.32 Å². The zero-order chi connectivity index (χ0) is 12.8.